The zero-order valence-electron chi connectivity index (χ0n) is 15.1. The van der Waals surface area contributed by atoms with Crippen molar-refractivity contribution in [3.05, 3.63) is 41.4 Å². The Bertz CT molecular complexity index is 886. The van der Waals surface area contributed by atoms with Crippen molar-refractivity contribution >= 4 is 34.8 Å². The van der Waals surface area contributed by atoms with Crippen molar-refractivity contribution in [2.75, 3.05) is 31.0 Å². The predicted octanol–water partition coefficient (Wildman–Crippen LogP) is 3.11. The number of amides is 2. The SMILES string of the molecule is COc1ccc(OC)c(NC(=O)CN2C(=O)C(C)Oc3ccc(Cl)cc32)c1. The van der Waals surface area contributed by atoms with Crippen molar-refractivity contribution in [3.8, 4) is 17.2 Å². The highest BCUT2D eigenvalue weighted by Crippen LogP contribution is 2.36. The summed E-state index contributed by atoms with van der Waals surface area (Å²) in [5.74, 6) is 0.833. The standard InChI is InChI=1S/C19H19ClN2O5/c1-11-19(24)22(15-8-12(20)4-6-17(15)27-11)10-18(23)21-14-9-13(25-2)5-7-16(14)26-3/h4-9,11H,10H2,1-3H3,(H,21,23). The van der Waals surface area contributed by atoms with Crippen molar-refractivity contribution in [2.24, 2.45) is 0 Å². The molecule has 0 bridgehead atoms. The number of carbonyl (C=O) groups is 2. The van der Waals surface area contributed by atoms with Crippen molar-refractivity contribution in [2.45, 2.75) is 13.0 Å². The van der Waals surface area contributed by atoms with Crippen LogP contribution in [0, 0.1) is 0 Å². The van der Waals surface area contributed by atoms with E-state index in [0.29, 0.717) is 33.6 Å². The summed E-state index contributed by atoms with van der Waals surface area (Å²) in [7, 11) is 3.03. The van der Waals surface area contributed by atoms with Gasteiger partial charge in [0.25, 0.3) is 5.91 Å². The first-order valence-corrected chi connectivity index (χ1v) is 8.60. The van der Waals surface area contributed by atoms with Crippen molar-refractivity contribution < 1.29 is 23.8 Å². The number of ether oxygens (including phenoxy) is 3. The van der Waals surface area contributed by atoms with Crippen LogP contribution in [0.1, 0.15) is 6.92 Å². The molecule has 2 aromatic rings. The summed E-state index contributed by atoms with van der Waals surface area (Å²) >= 11 is 6.04. The van der Waals surface area contributed by atoms with Crippen molar-refractivity contribution in [1.82, 2.24) is 0 Å². The van der Waals surface area contributed by atoms with Crippen LogP contribution in [0.2, 0.25) is 5.02 Å². The van der Waals surface area contributed by atoms with E-state index in [1.54, 1.807) is 43.3 Å². The first-order valence-electron chi connectivity index (χ1n) is 8.22. The second kappa shape index (κ2) is 7.75. The molecule has 8 heteroatoms. The first-order chi connectivity index (χ1) is 12.9. The Morgan fingerprint density at radius 2 is 2.00 bits per heavy atom. The highest BCUT2D eigenvalue weighted by atomic mass is 35.5. The molecule has 0 saturated carbocycles. The van der Waals surface area contributed by atoms with Gasteiger partial charge in [-0.2, -0.15) is 0 Å². The molecule has 0 saturated heterocycles. The fourth-order valence-corrected chi connectivity index (χ4v) is 2.95. The van der Waals surface area contributed by atoms with Crippen LogP contribution in [0.4, 0.5) is 11.4 Å². The summed E-state index contributed by atoms with van der Waals surface area (Å²) in [6.07, 6.45) is -0.696. The molecule has 1 aliphatic rings. The number of halogens is 1. The second-order valence-corrected chi connectivity index (χ2v) is 6.35. The first kappa shape index (κ1) is 18.8. The smallest absolute Gasteiger partial charge is 0.268 e. The van der Waals surface area contributed by atoms with E-state index in [0.717, 1.165) is 0 Å². The average Bonchev–Trinajstić information content (AvgIpc) is 2.66. The summed E-state index contributed by atoms with van der Waals surface area (Å²) in [4.78, 5) is 26.5. The third kappa shape index (κ3) is 3.93. The molecular formula is C19H19ClN2O5. The number of fused-ring (bicyclic) bond motifs is 1. The van der Waals surface area contributed by atoms with E-state index >= 15 is 0 Å². The van der Waals surface area contributed by atoms with E-state index in [1.807, 2.05) is 0 Å². The number of nitrogens with one attached hydrogen (secondary N) is 1. The number of anilines is 2. The highest BCUT2D eigenvalue weighted by Gasteiger charge is 2.33. The van der Waals surface area contributed by atoms with E-state index in [9.17, 15) is 9.59 Å². The molecule has 27 heavy (non-hydrogen) atoms. The van der Waals surface area contributed by atoms with Gasteiger partial charge in [0.2, 0.25) is 5.91 Å². The maximum atomic E-state index is 12.6. The normalized spacial score (nSPS) is 15.6. The Hall–Kier alpha value is -2.93. The molecule has 1 heterocycles. The van der Waals surface area contributed by atoms with Gasteiger partial charge < -0.3 is 19.5 Å². The fraction of sp³-hybridized carbons (Fsp3) is 0.263. The van der Waals surface area contributed by atoms with E-state index in [1.165, 1.54) is 19.1 Å². The van der Waals surface area contributed by atoms with Crippen LogP contribution in [0.25, 0.3) is 0 Å². The third-order valence-electron chi connectivity index (χ3n) is 4.11. The quantitative estimate of drug-likeness (QED) is 0.848. The zero-order valence-corrected chi connectivity index (χ0v) is 15.9. The van der Waals surface area contributed by atoms with Crippen LogP contribution in [0.5, 0.6) is 17.2 Å². The molecule has 2 aromatic carbocycles. The van der Waals surface area contributed by atoms with Crippen LogP contribution in [0.15, 0.2) is 36.4 Å². The molecule has 3 rings (SSSR count). The number of carbonyl (C=O) groups excluding carboxylic acids is 2. The van der Waals surface area contributed by atoms with E-state index in [4.69, 9.17) is 25.8 Å². The number of methoxy groups -OCH3 is 2. The number of benzene rings is 2. The van der Waals surface area contributed by atoms with Gasteiger partial charge in [-0.15, -0.1) is 0 Å². The lowest BCUT2D eigenvalue weighted by atomic mass is 10.2. The minimum absolute atomic E-state index is 0.194. The van der Waals surface area contributed by atoms with Gasteiger partial charge in [0, 0.05) is 11.1 Å². The van der Waals surface area contributed by atoms with Crippen LogP contribution in [0.3, 0.4) is 0 Å². The molecule has 0 fully saturated rings. The second-order valence-electron chi connectivity index (χ2n) is 5.91. The van der Waals surface area contributed by atoms with E-state index < -0.39 is 12.0 Å². The molecule has 0 aliphatic carbocycles. The number of hydrogen-bond donors (Lipinski definition) is 1. The van der Waals surface area contributed by atoms with E-state index in [2.05, 4.69) is 5.32 Å². The maximum absolute atomic E-state index is 12.6. The Morgan fingerprint density at radius 3 is 2.70 bits per heavy atom. The lowest BCUT2D eigenvalue weighted by Gasteiger charge is -2.32. The Labute approximate surface area is 161 Å². The number of nitrogens with zero attached hydrogens (tertiary/aromatic N) is 1. The van der Waals surface area contributed by atoms with Gasteiger partial charge in [0.1, 0.15) is 23.8 Å². The monoisotopic (exact) mass is 390 g/mol. The number of rotatable bonds is 5. The van der Waals surface area contributed by atoms with E-state index in [-0.39, 0.29) is 12.5 Å². The summed E-state index contributed by atoms with van der Waals surface area (Å²) in [5, 5.41) is 3.20. The third-order valence-corrected chi connectivity index (χ3v) is 4.35. The molecule has 7 nitrogen and oxygen atoms in total. The molecule has 1 aliphatic heterocycles. The maximum Gasteiger partial charge on any atom is 0.268 e. The molecule has 1 unspecified atom stereocenters. The molecule has 1 atom stereocenters. The van der Waals surface area contributed by atoms with Crippen molar-refractivity contribution in [1.29, 1.82) is 0 Å². The van der Waals surface area contributed by atoms with Gasteiger partial charge in [-0.05, 0) is 37.3 Å². The highest BCUT2D eigenvalue weighted by molar-refractivity contribution is 6.31. The van der Waals surface area contributed by atoms with Gasteiger partial charge in [0.15, 0.2) is 6.10 Å². The van der Waals surface area contributed by atoms with Gasteiger partial charge >= 0.3 is 0 Å². The zero-order chi connectivity index (χ0) is 19.6. The van der Waals surface area contributed by atoms with Crippen LogP contribution in [-0.4, -0.2) is 38.7 Å². The molecular weight excluding hydrogens is 372 g/mol. The van der Waals surface area contributed by atoms with Crippen molar-refractivity contribution in [3.63, 3.8) is 0 Å². The summed E-state index contributed by atoms with van der Waals surface area (Å²) < 4.78 is 16.0. The average molecular weight is 391 g/mol. The summed E-state index contributed by atoms with van der Waals surface area (Å²) in [5.41, 5.74) is 0.903. The molecule has 1 N–H and O–H groups in total. The fourth-order valence-electron chi connectivity index (χ4n) is 2.79. The molecule has 142 valence electrons. The van der Waals surface area contributed by atoms with Gasteiger partial charge in [-0.1, -0.05) is 11.6 Å². The van der Waals surface area contributed by atoms with Gasteiger partial charge in [-0.3, -0.25) is 14.5 Å². The largest absolute Gasteiger partial charge is 0.497 e. The van der Waals surface area contributed by atoms with Crippen LogP contribution < -0.4 is 24.4 Å². The minimum atomic E-state index is -0.696. The Kier molecular flexibility index (Phi) is 5.41. The predicted molar refractivity (Wildman–Crippen MR) is 102 cm³/mol. The van der Waals surface area contributed by atoms with Gasteiger partial charge in [-0.25, -0.2) is 0 Å². The Morgan fingerprint density at radius 1 is 1.22 bits per heavy atom. The molecule has 0 aromatic heterocycles. The van der Waals surface area contributed by atoms with Crippen LogP contribution >= 0.6 is 11.6 Å². The van der Waals surface area contributed by atoms with Gasteiger partial charge in [0.05, 0.1) is 25.6 Å². The van der Waals surface area contributed by atoms with Crippen LogP contribution in [-0.2, 0) is 9.59 Å². The molecule has 0 spiro atoms. The lowest BCUT2D eigenvalue weighted by Crippen LogP contribution is -2.47. The lowest BCUT2D eigenvalue weighted by molar-refractivity contribution is -0.127. The summed E-state index contributed by atoms with van der Waals surface area (Å²) in [6.45, 7) is 1.44. The number of hydrogen-bond acceptors (Lipinski definition) is 5. The minimum Gasteiger partial charge on any atom is -0.497 e. The Balaban J connectivity index is 1.84. The summed E-state index contributed by atoms with van der Waals surface area (Å²) in [6, 6.07) is 10.00. The molecule has 2 amide bonds. The molecule has 0 radical (unpaired) electrons. The topological polar surface area (TPSA) is 77.1 Å².